The lowest BCUT2D eigenvalue weighted by atomic mass is 10.0. The van der Waals surface area contributed by atoms with E-state index in [4.69, 9.17) is 17.3 Å². The molecule has 2 aromatic heterocycles. The van der Waals surface area contributed by atoms with E-state index >= 15 is 0 Å². The molecular formula is C15H18ClN5S2. The van der Waals surface area contributed by atoms with Gasteiger partial charge in [-0.25, -0.2) is 0 Å². The Hall–Kier alpha value is -1.15. The average molecular weight is 368 g/mol. The fourth-order valence-electron chi connectivity index (χ4n) is 2.27. The molecule has 0 spiro atoms. The molecule has 0 aliphatic heterocycles. The van der Waals surface area contributed by atoms with Crippen molar-refractivity contribution in [1.29, 1.82) is 0 Å². The molecule has 23 heavy (non-hydrogen) atoms. The fraction of sp³-hybridized carbons (Fsp3) is 0.400. The van der Waals surface area contributed by atoms with Crippen LogP contribution in [0.3, 0.4) is 0 Å². The van der Waals surface area contributed by atoms with Crippen molar-refractivity contribution in [3.8, 4) is 0 Å². The van der Waals surface area contributed by atoms with Gasteiger partial charge in [-0.3, -0.25) is 0 Å². The molecular weight excluding hydrogens is 350 g/mol. The van der Waals surface area contributed by atoms with Gasteiger partial charge in [-0.15, -0.1) is 15.3 Å². The van der Waals surface area contributed by atoms with Crippen molar-refractivity contribution in [3.05, 3.63) is 40.7 Å². The van der Waals surface area contributed by atoms with Gasteiger partial charge in [0.15, 0.2) is 10.2 Å². The summed E-state index contributed by atoms with van der Waals surface area (Å²) in [6.45, 7) is 4.29. The Balaban J connectivity index is 1.76. The third-order valence-electron chi connectivity index (χ3n) is 3.36. The molecule has 3 rings (SSSR count). The first-order valence-electron chi connectivity index (χ1n) is 7.38. The Kier molecular flexibility index (Phi) is 5.21. The number of nitrogens with zero attached hydrogens (tertiary/aromatic N) is 4. The molecule has 2 heterocycles. The first-order chi connectivity index (χ1) is 11.0. The van der Waals surface area contributed by atoms with Crippen LogP contribution in [0.1, 0.15) is 37.7 Å². The van der Waals surface area contributed by atoms with Crippen LogP contribution in [0, 0.1) is 5.92 Å². The highest BCUT2D eigenvalue weighted by Gasteiger charge is 2.18. The molecule has 0 bridgehead atoms. The van der Waals surface area contributed by atoms with Crippen molar-refractivity contribution < 1.29 is 0 Å². The van der Waals surface area contributed by atoms with Crippen molar-refractivity contribution in [3.63, 3.8) is 0 Å². The van der Waals surface area contributed by atoms with Gasteiger partial charge in [-0.1, -0.05) is 66.7 Å². The summed E-state index contributed by atoms with van der Waals surface area (Å²) >= 11 is 9.36. The predicted octanol–water partition coefficient (Wildman–Crippen LogP) is 4.18. The first-order valence-corrected chi connectivity index (χ1v) is 9.56. The normalized spacial score (nSPS) is 13.1. The Morgan fingerprint density at radius 1 is 1.30 bits per heavy atom. The smallest absolute Gasteiger partial charge is 0.235 e. The van der Waals surface area contributed by atoms with Crippen LogP contribution in [0.5, 0.6) is 0 Å². The molecule has 0 fully saturated rings. The molecule has 0 saturated heterocycles. The number of hydrogen-bond donors (Lipinski definition) is 1. The number of benzene rings is 1. The molecule has 0 unspecified atom stereocenters. The quantitative estimate of drug-likeness (QED) is 0.662. The van der Waals surface area contributed by atoms with Crippen molar-refractivity contribution in [2.24, 2.45) is 11.7 Å². The number of nitrogens with two attached hydrogens (primary N) is 1. The highest BCUT2D eigenvalue weighted by atomic mass is 35.5. The van der Waals surface area contributed by atoms with E-state index in [1.165, 1.54) is 11.3 Å². The Morgan fingerprint density at radius 2 is 2.09 bits per heavy atom. The Morgan fingerprint density at radius 3 is 2.83 bits per heavy atom. The zero-order valence-corrected chi connectivity index (χ0v) is 15.3. The molecule has 8 heteroatoms. The van der Waals surface area contributed by atoms with E-state index < -0.39 is 0 Å². The minimum absolute atomic E-state index is 0.145. The highest BCUT2D eigenvalue weighted by molar-refractivity contribution is 8.00. The summed E-state index contributed by atoms with van der Waals surface area (Å²) in [5, 5.41) is 13.8. The maximum atomic E-state index is 6.22. The van der Waals surface area contributed by atoms with Gasteiger partial charge in [-0.05, 0) is 24.0 Å². The van der Waals surface area contributed by atoms with Gasteiger partial charge in [0.1, 0.15) is 0 Å². The van der Waals surface area contributed by atoms with Gasteiger partial charge in [0, 0.05) is 10.8 Å². The second kappa shape index (κ2) is 7.17. The van der Waals surface area contributed by atoms with Crippen molar-refractivity contribution in [2.75, 3.05) is 0 Å². The van der Waals surface area contributed by atoms with Gasteiger partial charge in [0.05, 0.1) is 6.04 Å². The monoisotopic (exact) mass is 367 g/mol. The molecule has 0 radical (unpaired) electrons. The van der Waals surface area contributed by atoms with Crippen LogP contribution in [0.2, 0.25) is 5.02 Å². The van der Waals surface area contributed by atoms with E-state index in [-0.39, 0.29) is 6.04 Å². The Bertz CT molecular complexity index is 798. The molecule has 0 saturated carbocycles. The van der Waals surface area contributed by atoms with Crippen LogP contribution < -0.4 is 5.73 Å². The molecule has 1 atom stereocenters. The zero-order valence-electron chi connectivity index (χ0n) is 12.9. The largest absolute Gasteiger partial charge is 0.321 e. The fourth-order valence-corrected chi connectivity index (χ4v) is 4.44. The average Bonchev–Trinajstić information content (AvgIpc) is 3.05. The number of thioether (sulfide) groups is 1. The summed E-state index contributed by atoms with van der Waals surface area (Å²) in [6.07, 6.45) is 0.862. The number of hydrogen-bond acceptors (Lipinski definition) is 6. The van der Waals surface area contributed by atoms with Crippen LogP contribution in [-0.4, -0.2) is 19.8 Å². The third-order valence-corrected chi connectivity index (χ3v) is 5.81. The van der Waals surface area contributed by atoms with Crippen molar-refractivity contribution in [2.45, 2.75) is 36.4 Å². The van der Waals surface area contributed by atoms with Gasteiger partial charge < -0.3 is 5.73 Å². The van der Waals surface area contributed by atoms with Crippen molar-refractivity contribution in [1.82, 2.24) is 19.8 Å². The van der Waals surface area contributed by atoms with Crippen LogP contribution >= 0.6 is 34.7 Å². The summed E-state index contributed by atoms with van der Waals surface area (Å²) in [5.41, 5.74) is 7.32. The van der Waals surface area contributed by atoms with Crippen LogP contribution in [0.15, 0.2) is 28.6 Å². The summed E-state index contributed by atoms with van der Waals surface area (Å²) in [6, 6.07) is 7.71. The van der Waals surface area contributed by atoms with E-state index in [9.17, 15) is 0 Å². The Labute approximate surface area is 148 Å². The van der Waals surface area contributed by atoms with Crippen LogP contribution in [0.4, 0.5) is 0 Å². The summed E-state index contributed by atoms with van der Waals surface area (Å²) < 4.78 is 2.71. The second-order valence-electron chi connectivity index (χ2n) is 5.74. The third kappa shape index (κ3) is 3.85. The van der Waals surface area contributed by atoms with Crippen LogP contribution in [0.25, 0.3) is 4.96 Å². The lowest BCUT2D eigenvalue weighted by Gasteiger charge is -2.10. The number of aromatic nitrogens is 4. The molecule has 3 aromatic rings. The SMILES string of the molecule is CC(C)C[C@H](N)c1nnc2sc(SCc3ccccc3Cl)nn12. The van der Waals surface area contributed by atoms with Crippen molar-refractivity contribution >= 4 is 39.7 Å². The van der Waals surface area contributed by atoms with E-state index in [0.717, 1.165) is 37.9 Å². The van der Waals surface area contributed by atoms with E-state index in [0.29, 0.717) is 5.92 Å². The summed E-state index contributed by atoms with van der Waals surface area (Å²) in [7, 11) is 0. The second-order valence-corrected chi connectivity index (χ2v) is 8.32. The zero-order chi connectivity index (χ0) is 16.4. The minimum atomic E-state index is -0.145. The molecule has 122 valence electrons. The predicted molar refractivity (Wildman–Crippen MR) is 96.1 cm³/mol. The van der Waals surface area contributed by atoms with E-state index in [2.05, 4.69) is 29.1 Å². The van der Waals surface area contributed by atoms with Gasteiger partial charge in [-0.2, -0.15) is 4.52 Å². The number of fused-ring (bicyclic) bond motifs is 1. The number of rotatable bonds is 6. The lowest BCUT2D eigenvalue weighted by molar-refractivity contribution is 0.485. The first kappa shape index (κ1) is 16.7. The molecule has 2 N–H and O–H groups in total. The molecule has 0 aliphatic carbocycles. The van der Waals surface area contributed by atoms with Gasteiger partial charge in [0.2, 0.25) is 4.96 Å². The molecule has 0 aliphatic rings. The lowest BCUT2D eigenvalue weighted by Crippen LogP contribution is -2.16. The van der Waals surface area contributed by atoms with Crippen LogP contribution in [-0.2, 0) is 5.75 Å². The van der Waals surface area contributed by atoms with E-state index in [1.54, 1.807) is 16.3 Å². The van der Waals surface area contributed by atoms with Gasteiger partial charge in [0.25, 0.3) is 0 Å². The maximum Gasteiger partial charge on any atom is 0.235 e. The maximum absolute atomic E-state index is 6.22. The number of halogens is 1. The molecule has 5 nitrogen and oxygen atoms in total. The highest BCUT2D eigenvalue weighted by Crippen LogP contribution is 2.30. The molecule has 1 aromatic carbocycles. The summed E-state index contributed by atoms with van der Waals surface area (Å²) in [5.74, 6) is 2.01. The minimum Gasteiger partial charge on any atom is -0.321 e. The van der Waals surface area contributed by atoms with Gasteiger partial charge >= 0.3 is 0 Å². The topological polar surface area (TPSA) is 69.1 Å². The van der Waals surface area contributed by atoms with E-state index in [1.807, 2.05) is 24.3 Å². The molecule has 0 amide bonds. The standard InChI is InChI=1S/C15H18ClN5S2/c1-9(2)7-12(17)13-18-19-14-21(13)20-15(23-14)22-8-10-5-3-4-6-11(10)16/h3-6,9,12H,7-8,17H2,1-2H3/t12-/m0/s1. The summed E-state index contributed by atoms with van der Waals surface area (Å²) in [4.78, 5) is 0.779.